The summed E-state index contributed by atoms with van der Waals surface area (Å²) in [5.74, 6) is 0.169. The van der Waals surface area contributed by atoms with Crippen LogP contribution in [0.3, 0.4) is 0 Å². The van der Waals surface area contributed by atoms with Crippen LogP contribution in [0.5, 0.6) is 11.5 Å². The Morgan fingerprint density at radius 2 is 1.63 bits per heavy atom. The lowest BCUT2D eigenvalue weighted by atomic mass is 9.94. The third kappa shape index (κ3) is 8.08. The predicted octanol–water partition coefficient (Wildman–Crippen LogP) is 5.03. The van der Waals surface area contributed by atoms with Crippen molar-refractivity contribution >= 4 is 43.5 Å². The molecule has 0 bridgehead atoms. The van der Waals surface area contributed by atoms with Crippen LogP contribution in [0, 0.1) is 0 Å². The molecule has 0 spiro atoms. The first-order valence-corrected chi connectivity index (χ1v) is 17.1. The molecule has 1 heterocycles. The Morgan fingerprint density at radius 3 is 2.33 bits per heavy atom. The molecule has 43 heavy (non-hydrogen) atoms. The molecule has 3 aromatic rings. The number of nitrogens with zero attached hydrogens (tertiary/aromatic N) is 2. The second-order valence-corrected chi connectivity index (χ2v) is 13.8. The number of ether oxygens (including phenoxy) is 2. The van der Waals surface area contributed by atoms with Gasteiger partial charge in [-0.2, -0.15) is 0 Å². The molecule has 9 nitrogen and oxygen atoms in total. The van der Waals surface area contributed by atoms with Gasteiger partial charge in [-0.05, 0) is 48.2 Å². The van der Waals surface area contributed by atoms with Crippen LogP contribution in [0.2, 0.25) is 0 Å². The fourth-order valence-electron chi connectivity index (χ4n) is 5.54. The topological polar surface area (TPSA) is 105 Å². The maximum atomic E-state index is 14.3. The van der Waals surface area contributed by atoms with Gasteiger partial charge in [0.05, 0.1) is 11.9 Å². The number of anilines is 1. The van der Waals surface area contributed by atoms with Crippen molar-refractivity contribution in [1.82, 2.24) is 10.2 Å². The van der Waals surface area contributed by atoms with Crippen molar-refractivity contribution in [2.75, 3.05) is 23.9 Å². The Kier molecular flexibility index (Phi) is 9.92. The van der Waals surface area contributed by atoms with Gasteiger partial charge in [0, 0.05) is 29.5 Å². The van der Waals surface area contributed by atoms with Crippen molar-refractivity contribution in [1.29, 1.82) is 0 Å². The summed E-state index contributed by atoms with van der Waals surface area (Å²) in [6.45, 7) is -0.327. The van der Waals surface area contributed by atoms with Crippen LogP contribution in [0.4, 0.5) is 5.69 Å². The molecule has 3 aromatic carbocycles. The van der Waals surface area contributed by atoms with Crippen LogP contribution in [0.1, 0.15) is 43.2 Å². The van der Waals surface area contributed by atoms with Crippen molar-refractivity contribution in [3.8, 4) is 11.5 Å². The Morgan fingerprint density at radius 1 is 0.930 bits per heavy atom. The Balaban J connectivity index is 1.49. The number of benzene rings is 3. The van der Waals surface area contributed by atoms with Gasteiger partial charge in [0.1, 0.15) is 12.6 Å². The second-order valence-electron chi connectivity index (χ2n) is 11.0. The third-order valence-electron chi connectivity index (χ3n) is 7.81. The van der Waals surface area contributed by atoms with E-state index < -0.39 is 28.5 Å². The molecule has 1 N–H and O–H groups in total. The molecular weight excluding hydrogens is 634 g/mol. The average molecular weight is 671 g/mol. The van der Waals surface area contributed by atoms with Gasteiger partial charge in [-0.3, -0.25) is 13.9 Å². The molecule has 0 radical (unpaired) electrons. The van der Waals surface area contributed by atoms with E-state index in [1.54, 1.807) is 18.2 Å². The summed E-state index contributed by atoms with van der Waals surface area (Å²) in [7, 11) is -3.89. The smallest absolute Gasteiger partial charge is 0.244 e. The van der Waals surface area contributed by atoms with Crippen molar-refractivity contribution < 1.29 is 27.5 Å². The number of sulfonamides is 1. The molecule has 0 aromatic heterocycles. The number of rotatable bonds is 11. The van der Waals surface area contributed by atoms with Crippen LogP contribution >= 0.6 is 15.9 Å². The summed E-state index contributed by atoms with van der Waals surface area (Å²) in [6, 6.07) is 21.0. The van der Waals surface area contributed by atoms with E-state index in [1.165, 1.54) is 4.90 Å². The van der Waals surface area contributed by atoms with E-state index in [1.807, 2.05) is 54.6 Å². The largest absolute Gasteiger partial charge is 0.454 e. The third-order valence-corrected chi connectivity index (χ3v) is 9.48. The van der Waals surface area contributed by atoms with Gasteiger partial charge in [-0.25, -0.2) is 8.42 Å². The highest BCUT2D eigenvalue weighted by Gasteiger charge is 2.34. The highest BCUT2D eigenvalue weighted by molar-refractivity contribution is 9.10. The first kappa shape index (κ1) is 30.9. The van der Waals surface area contributed by atoms with Crippen molar-refractivity contribution in [2.24, 2.45) is 0 Å². The molecule has 1 atom stereocenters. The van der Waals surface area contributed by atoms with Crippen molar-refractivity contribution in [3.63, 3.8) is 0 Å². The van der Waals surface area contributed by atoms with Crippen LogP contribution < -0.4 is 19.1 Å². The van der Waals surface area contributed by atoms with E-state index in [-0.39, 0.29) is 37.4 Å². The number of carbonyl (C=O) groups excluding carboxylic acids is 2. The highest BCUT2D eigenvalue weighted by atomic mass is 79.9. The Hall–Kier alpha value is -3.57. The van der Waals surface area contributed by atoms with Gasteiger partial charge in [-0.1, -0.05) is 77.7 Å². The lowest BCUT2D eigenvalue weighted by Gasteiger charge is -2.35. The summed E-state index contributed by atoms with van der Waals surface area (Å²) in [5, 5.41) is 3.21. The van der Waals surface area contributed by atoms with Crippen molar-refractivity contribution in [2.45, 2.75) is 57.2 Å². The molecule has 1 saturated carbocycles. The van der Waals surface area contributed by atoms with Gasteiger partial charge < -0.3 is 19.7 Å². The van der Waals surface area contributed by atoms with E-state index in [4.69, 9.17) is 9.47 Å². The van der Waals surface area contributed by atoms with Gasteiger partial charge >= 0.3 is 0 Å². The summed E-state index contributed by atoms with van der Waals surface area (Å²) < 4.78 is 38.8. The van der Waals surface area contributed by atoms with E-state index in [9.17, 15) is 18.0 Å². The number of fused-ring (bicyclic) bond motifs is 1. The fraction of sp³-hybridized carbons (Fsp3) is 0.375. The Labute approximate surface area is 261 Å². The highest BCUT2D eigenvalue weighted by Crippen LogP contribution is 2.36. The molecule has 1 unspecified atom stereocenters. The maximum Gasteiger partial charge on any atom is 0.244 e. The summed E-state index contributed by atoms with van der Waals surface area (Å²) in [4.78, 5) is 29.8. The normalized spacial score (nSPS) is 15.5. The number of amides is 2. The molecule has 5 rings (SSSR count). The van der Waals surface area contributed by atoms with Crippen molar-refractivity contribution in [3.05, 3.63) is 88.4 Å². The Bertz CT molecular complexity index is 1530. The molecule has 11 heteroatoms. The number of hydrogen-bond donors (Lipinski definition) is 1. The van der Waals surface area contributed by atoms with Crippen LogP contribution in [0.15, 0.2) is 77.3 Å². The molecule has 1 aliphatic heterocycles. The summed E-state index contributed by atoms with van der Waals surface area (Å²) in [5.41, 5.74) is 1.99. The minimum absolute atomic E-state index is 0.0365. The molecule has 1 fully saturated rings. The average Bonchev–Trinajstić information content (AvgIpc) is 3.47. The molecule has 1 aliphatic carbocycles. The van der Waals surface area contributed by atoms with E-state index >= 15 is 0 Å². The van der Waals surface area contributed by atoms with Gasteiger partial charge in [0.15, 0.2) is 11.5 Å². The SMILES string of the molecule is CS(=O)(=O)N(CC(=O)N(Cc1ccc(Br)cc1)C(Cc1ccccc1)C(=O)NC1CCCCC1)c1ccc2c(c1)OCO2. The fourth-order valence-corrected chi connectivity index (χ4v) is 6.64. The minimum Gasteiger partial charge on any atom is -0.454 e. The second kappa shape index (κ2) is 13.8. The standard InChI is InChI=1S/C32H36BrN3O6S/c1-43(39,40)36(27-16-17-29-30(19-27)42-22-41-29)21-31(37)35(20-24-12-14-25(33)15-13-24)28(18-23-8-4-2-5-9-23)32(38)34-26-10-6-3-7-11-26/h2,4-5,8-9,12-17,19,26,28H,3,6-7,10-11,18,20-22H2,1H3,(H,34,38). The van der Waals surface area contributed by atoms with E-state index in [0.29, 0.717) is 11.5 Å². The maximum absolute atomic E-state index is 14.3. The minimum atomic E-state index is -3.89. The van der Waals surface area contributed by atoms with E-state index in [2.05, 4.69) is 21.2 Å². The molecule has 0 saturated heterocycles. The molecule has 2 aliphatic rings. The van der Waals surface area contributed by atoms with Gasteiger partial charge in [-0.15, -0.1) is 0 Å². The van der Waals surface area contributed by atoms with Gasteiger partial charge in [0.2, 0.25) is 28.6 Å². The molecular formula is C32H36BrN3O6S. The zero-order chi connectivity index (χ0) is 30.4. The zero-order valence-electron chi connectivity index (χ0n) is 24.1. The molecule has 2 amide bonds. The number of hydrogen-bond acceptors (Lipinski definition) is 6. The van der Waals surface area contributed by atoms with Crippen LogP contribution in [-0.4, -0.2) is 56.8 Å². The summed E-state index contributed by atoms with van der Waals surface area (Å²) >= 11 is 3.46. The zero-order valence-corrected chi connectivity index (χ0v) is 26.5. The lowest BCUT2D eigenvalue weighted by molar-refractivity contribution is -0.140. The quantitative estimate of drug-likeness (QED) is 0.307. The number of carbonyl (C=O) groups is 2. The van der Waals surface area contributed by atoms with E-state index in [0.717, 1.165) is 58.3 Å². The predicted molar refractivity (Wildman–Crippen MR) is 168 cm³/mol. The first-order valence-electron chi connectivity index (χ1n) is 14.4. The molecule has 228 valence electrons. The summed E-state index contributed by atoms with van der Waals surface area (Å²) in [6.07, 6.45) is 6.39. The first-order chi connectivity index (χ1) is 20.7. The van der Waals surface area contributed by atoms with Crippen LogP contribution in [0.25, 0.3) is 0 Å². The lowest BCUT2D eigenvalue weighted by Crippen LogP contribution is -2.55. The monoisotopic (exact) mass is 669 g/mol. The van der Waals surface area contributed by atoms with Gasteiger partial charge in [0.25, 0.3) is 0 Å². The van der Waals surface area contributed by atoms with Crippen LogP contribution in [-0.2, 0) is 32.6 Å². The number of nitrogens with one attached hydrogen (secondary N) is 1. The number of halogens is 1.